The van der Waals surface area contributed by atoms with Gasteiger partial charge in [0.05, 0.1) is 6.54 Å². The van der Waals surface area contributed by atoms with E-state index < -0.39 is 11.8 Å². The van der Waals surface area contributed by atoms with E-state index >= 15 is 0 Å². The zero-order valence-electron chi connectivity index (χ0n) is 8.79. The lowest BCUT2D eigenvalue weighted by Gasteiger charge is -2.35. The summed E-state index contributed by atoms with van der Waals surface area (Å²) in [6.45, 7) is 2.23. The Labute approximate surface area is 87.7 Å². The molecule has 0 amide bonds. The SMILES string of the molecule is CC(F)(F)C1CCCN(C/C(N)=N/O)C1. The van der Waals surface area contributed by atoms with Gasteiger partial charge in [-0.05, 0) is 26.3 Å². The minimum Gasteiger partial charge on any atom is -0.409 e. The molecule has 1 heterocycles. The fraction of sp³-hybridized carbons (Fsp3) is 0.889. The van der Waals surface area contributed by atoms with Crippen LogP contribution in [0.15, 0.2) is 5.16 Å². The van der Waals surface area contributed by atoms with Crippen LogP contribution in [0.3, 0.4) is 0 Å². The van der Waals surface area contributed by atoms with Crippen LogP contribution in [0.1, 0.15) is 19.8 Å². The van der Waals surface area contributed by atoms with E-state index in [1.54, 1.807) is 4.90 Å². The molecule has 3 N–H and O–H groups in total. The van der Waals surface area contributed by atoms with Gasteiger partial charge in [0.2, 0.25) is 5.92 Å². The molecule has 1 rings (SSSR count). The predicted octanol–water partition coefficient (Wildman–Crippen LogP) is 1.10. The monoisotopic (exact) mass is 221 g/mol. The smallest absolute Gasteiger partial charge is 0.249 e. The van der Waals surface area contributed by atoms with E-state index in [0.29, 0.717) is 13.0 Å². The second-order valence-corrected chi connectivity index (χ2v) is 4.12. The molecule has 88 valence electrons. The normalized spacial score (nSPS) is 25.5. The van der Waals surface area contributed by atoms with Crippen molar-refractivity contribution in [1.82, 2.24) is 4.90 Å². The van der Waals surface area contributed by atoms with Crippen LogP contribution in [0, 0.1) is 5.92 Å². The van der Waals surface area contributed by atoms with Crippen molar-refractivity contribution < 1.29 is 14.0 Å². The Bertz CT molecular complexity index is 240. The zero-order chi connectivity index (χ0) is 11.5. The number of likely N-dealkylation sites (tertiary alicyclic amines) is 1. The molecule has 1 saturated heterocycles. The number of oxime groups is 1. The zero-order valence-corrected chi connectivity index (χ0v) is 8.79. The average molecular weight is 221 g/mol. The molecule has 15 heavy (non-hydrogen) atoms. The number of alkyl halides is 2. The first-order chi connectivity index (χ1) is 6.93. The molecule has 0 aromatic rings. The number of nitrogens with two attached hydrogens (primary N) is 1. The minimum absolute atomic E-state index is 0.0649. The van der Waals surface area contributed by atoms with E-state index in [2.05, 4.69) is 5.16 Å². The van der Waals surface area contributed by atoms with Crippen LogP contribution in [0.25, 0.3) is 0 Å². The van der Waals surface area contributed by atoms with E-state index in [0.717, 1.165) is 19.9 Å². The molecule has 1 aliphatic heterocycles. The summed E-state index contributed by atoms with van der Waals surface area (Å²) >= 11 is 0. The third kappa shape index (κ3) is 3.62. The summed E-state index contributed by atoms with van der Waals surface area (Å²) < 4.78 is 26.1. The van der Waals surface area contributed by atoms with Gasteiger partial charge in [0.1, 0.15) is 0 Å². The standard InChI is InChI=1S/C9H17F2N3O/c1-9(10,11)7-3-2-4-14(5-7)6-8(12)13-15/h7,15H,2-6H2,1H3,(H2,12,13). The number of piperidine rings is 1. The Hall–Kier alpha value is -0.910. The van der Waals surface area contributed by atoms with Crippen LogP contribution in [0.5, 0.6) is 0 Å². The molecule has 4 nitrogen and oxygen atoms in total. The van der Waals surface area contributed by atoms with Gasteiger partial charge in [0, 0.05) is 12.5 Å². The second kappa shape index (κ2) is 4.74. The molecule has 0 radical (unpaired) electrons. The van der Waals surface area contributed by atoms with E-state index in [1.165, 1.54) is 0 Å². The van der Waals surface area contributed by atoms with Crippen molar-refractivity contribution in [2.75, 3.05) is 19.6 Å². The molecule has 0 saturated carbocycles. The van der Waals surface area contributed by atoms with Gasteiger partial charge in [-0.25, -0.2) is 8.78 Å². The highest BCUT2D eigenvalue weighted by Gasteiger charge is 2.37. The lowest BCUT2D eigenvalue weighted by molar-refractivity contribution is -0.0643. The first kappa shape index (κ1) is 12.2. The Balaban J connectivity index is 2.49. The summed E-state index contributed by atoms with van der Waals surface area (Å²) in [6, 6.07) is 0. The maximum atomic E-state index is 13.1. The van der Waals surface area contributed by atoms with Crippen LogP contribution >= 0.6 is 0 Å². The Morgan fingerprint density at radius 3 is 2.87 bits per heavy atom. The average Bonchev–Trinajstić information content (AvgIpc) is 2.17. The summed E-state index contributed by atoms with van der Waals surface area (Å²) in [5, 5.41) is 11.2. The lowest BCUT2D eigenvalue weighted by Crippen LogP contribution is -2.45. The summed E-state index contributed by atoms with van der Waals surface area (Å²) in [4.78, 5) is 1.79. The van der Waals surface area contributed by atoms with Gasteiger partial charge < -0.3 is 10.9 Å². The fourth-order valence-electron chi connectivity index (χ4n) is 1.87. The molecule has 6 heteroatoms. The second-order valence-electron chi connectivity index (χ2n) is 4.12. The summed E-state index contributed by atoms with van der Waals surface area (Å²) in [7, 11) is 0. The molecule has 0 bridgehead atoms. The van der Waals surface area contributed by atoms with E-state index in [4.69, 9.17) is 10.9 Å². The summed E-state index contributed by atoms with van der Waals surface area (Å²) in [6.07, 6.45) is 1.27. The predicted molar refractivity (Wildman–Crippen MR) is 53.2 cm³/mol. The van der Waals surface area contributed by atoms with Crippen LogP contribution in [-0.4, -0.2) is 41.5 Å². The summed E-state index contributed by atoms with van der Waals surface area (Å²) in [5.74, 6) is -3.21. The molecular formula is C9H17F2N3O. The third-order valence-electron chi connectivity index (χ3n) is 2.74. The van der Waals surface area contributed by atoms with Gasteiger partial charge in [0.15, 0.2) is 5.84 Å². The van der Waals surface area contributed by atoms with Gasteiger partial charge in [0.25, 0.3) is 0 Å². The number of hydrogen-bond donors (Lipinski definition) is 2. The number of halogens is 2. The van der Waals surface area contributed by atoms with Gasteiger partial charge >= 0.3 is 0 Å². The van der Waals surface area contributed by atoms with Gasteiger partial charge in [-0.2, -0.15) is 0 Å². The number of amidine groups is 1. The van der Waals surface area contributed by atoms with Crippen LogP contribution < -0.4 is 5.73 Å². The van der Waals surface area contributed by atoms with Crippen LogP contribution in [-0.2, 0) is 0 Å². The molecule has 0 spiro atoms. The molecule has 1 unspecified atom stereocenters. The van der Waals surface area contributed by atoms with Gasteiger partial charge in [-0.3, -0.25) is 4.90 Å². The Kier molecular flexibility index (Phi) is 3.84. The Morgan fingerprint density at radius 1 is 1.67 bits per heavy atom. The van der Waals surface area contributed by atoms with Crippen molar-refractivity contribution in [1.29, 1.82) is 0 Å². The molecule has 1 atom stereocenters. The maximum Gasteiger partial charge on any atom is 0.249 e. The molecule has 0 aromatic carbocycles. The molecule has 1 fully saturated rings. The first-order valence-electron chi connectivity index (χ1n) is 5.00. The van der Waals surface area contributed by atoms with Crippen LogP contribution in [0.4, 0.5) is 8.78 Å². The summed E-state index contributed by atoms with van der Waals surface area (Å²) in [5.41, 5.74) is 5.33. The number of nitrogens with zero attached hydrogens (tertiary/aromatic N) is 2. The molecular weight excluding hydrogens is 204 g/mol. The third-order valence-corrected chi connectivity index (χ3v) is 2.74. The first-order valence-corrected chi connectivity index (χ1v) is 5.00. The van der Waals surface area contributed by atoms with E-state index in [-0.39, 0.29) is 12.4 Å². The van der Waals surface area contributed by atoms with Crippen molar-refractivity contribution in [3.63, 3.8) is 0 Å². The largest absolute Gasteiger partial charge is 0.409 e. The van der Waals surface area contributed by atoms with Crippen LogP contribution in [0.2, 0.25) is 0 Å². The highest BCUT2D eigenvalue weighted by Crippen LogP contribution is 2.31. The maximum absolute atomic E-state index is 13.1. The van der Waals surface area contributed by atoms with Crippen molar-refractivity contribution in [2.24, 2.45) is 16.8 Å². The minimum atomic E-state index is -2.65. The fourth-order valence-corrected chi connectivity index (χ4v) is 1.87. The van der Waals surface area contributed by atoms with Gasteiger partial charge in [-0.1, -0.05) is 5.16 Å². The number of hydrogen-bond acceptors (Lipinski definition) is 3. The highest BCUT2D eigenvalue weighted by atomic mass is 19.3. The quantitative estimate of drug-likeness (QED) is 0.325. The van der Waals surface area contributed by atoms with Crippen molar-refractivity contribution >= 4 is 5.84 Å². The van der Waals surface area contributed by atoms with Gasteiger partial charge in [-0.15, -0.1) is 0 Å². The molecule has 1 aliphatic rings. The lowest BCUT2D eigenvalue weighted by atomic mass is 9.92. The van der Waals surface area contributed by atoms with Crippen molar-refractivity contribution in [3.05, 3.63) is 0 Å². The molecule has 0 aliphatic carbocycles. The Morgan fingerprint density at radius 2 is 2.33 bits per heavy atom. The van der Waals surface area contributed by atoms with E-state index in [9.17, 15) is 8.78 Å². The topological polar surface area (TPSA) is 61.8 Å². The highest BCUT2D eigenvalue weighted by molar-refractivity contribution is 5.81. The molecule has 0 aromatic heterocycles. The van der Waals surface area contributed by atoms with Crippen molar-refractivity contribution in [3.8, 4) is 0 Å². The van der Waals surface area contributed by atoms with Crippen molar-refractivity contribution in [2.45, 2.75) is 25.7 Å². The number of rotatable bonds is 3. The van der Waals surface area contributed by atoms with E-state index in [1.807, 2.05) is 0 Å².